The van der Waals surface area contributed by atoms with Crippen LogP contribution in [0.15, 0.2) is 67.1 Å². The summed E-state index contributed by atoms with van der Waals surface area (Å²) < 4.78 is 3.72. The number of fused-ring (bicyclic) bond motifs is 2. The number of nitrogens with two attached hydrogens (primary N) is 2. The molecule has 0 saturated carbocycles. The van der Waals surface area contributed by atoms with Crippen LogP contribution < -0.4 is 16.8 Å². The smallest absolute Gasteiger partial charge is 0.167 e. The van der Waals surface area contributed by atoms with E-state index in [9.17, 15) is 0 Å². The van der Waals surface area contributed by atoms with Crippen LogP contribution in [0.3, 0.4) is 0 Å². The fraction of sp³-hybridized carbons (Fsp3) is 0.0909. The molecule has 5 N–H and O–H groups in total. The maximum atomic E-state index is 6.21. The van der Waals surface area contributed by atoms with Gasteiger partial charge in [-0.05, 0) is 48.0 Å². The van der Waals surface area contributed by atoms with Crippen LogP contribution in [-0.2, 0) is 0 Å². The molecule has 31 heavy (non-hydrogen) atoms. The van der Waals surface area contributed by atoms with Crippen molar-refractivity contribution in [3.8, 4) is 22.9 Å². The number of benzene rings is 1. The quantitative estimate of drug-likeness (QED) is 0.418. The molecule has 0 amide bonds. The molecule has 1 atom stereocenters. The number of nitrogen functional groups attached to an aromatic ring is 1. The fourth-order valence-corrected chi connectivity index (χ4v) is 4.00. The van der Waals surface area contributed by atoms with Gasteiger partial charge in [-0.3, -0.25) is 4.57 Å². The van der Waals surface area contributed by atoms with Crippen molar-refractivity contribution in [3.63, 3.8) is 0 Å². The second-order valence-corrected chi connectivity index (χ2v) is 7.43. The van der Waals surface area contributed by atoms with Crippen molar-refractivity contribution in [2.45, 2.75) is 6.04 Å². The molecule has 5 heterocycles. The minimum Gasteiger partial charge on any atom is -0.383 e. The van der Waals surface area contributed by atoms with E-state index in [1.54, 1.807) is 17.1 Å². The lowest BCUT2D eigenvalue weighted by molar-refractivity contribution is 0.808. The van der Waals surface area contributed by atoms with Crippen molar-refractivity contribution in [1.29, 1.82) is 0 Å². The molecule has 0 fully saturated rings. The number of aromatic nitrogens is 6. The Morgan fingerprint density at radius 2 is 1.97 bits per heavy atom. The number of nitrogens with one attached hydrogen (secondary N) is 1. The molecule has 9 heteroatoms. The van der Waals surface area contributed by atoms with E-state index in [4.69, 9.17) is 21.4 Å². The molecular weight excluding hydrogens is 390 g/mol. The van der Waals surface area contributed by atoms with Crippen molar-refractivity contribution in [2.75, 3.05) is 17.6 Å². The van der Waals surface area contributed by atoms with Gasteiger partial charge in [0.25, 0.3) is 0 Å². The maximum Gasteiger partial charge on any atom is 0.167 e. The van der Waals surface area contributed by atoms with Gasteiger partial charge in [-0.1, -0.05) is 6.07 Å². The van der Waals surface area contributed by atoms with Crippen LogP contribution in [0.1, 0.15) is 11.6 Å². The SMILES string of the molecule is Nc1ncccc1-c1nc2ccc(-n3cccn3)nc2n1-c1ccc2c(c1)NC[C@@H]2N. The summed E-state index contributed by atoms with van der Waals surface area (Å²) in [5, 5.41) is 7.68. The van der Waals surface area contributed by atoms with Crippen LogP contribution in [0.2, 0.25) is 0 Å². The molecule has 4 aromatic heterocycles. The van der Waals surface area contributed by atoms with Gasteiger partial charge in [0.05, 0.1) is 11.3 Å². The first-order chi connectivity index (χ1) is 15.2. The van der Waals surface area contributed by atoms with Gasteiger partial charge in [-0.15, -0.1) is 0 Å². The maximum absolute atomic E-state index is 6.21. The standard InChI is InChI=1S/C22H19N9/c23-16-12-26-18-11-13(4-5-14(16)18)31-21(15-3-1-8-25-20(15)24)28-17-6-7-19(29-22(17)31)30-10-2-9-27-30/h1-11,16,26H,12,23H2,(H2,24,25)/t16-/m0/s1. The van der Waals surface area contributed by atoms with E-state index in [2.05, 4.69) is 27.5 Å². The Morgan fingerprint density at radius 1 is 1.03 bits per heavy atom. The van der Waals surface area contributed by atoms with E-state index >= 15 is 0 Å². The van der Waals surface area contributed by atoms with E-state index in [-0.39, 0.29) is 6.04 Å². The Kier molecular flexibility index (Phi) is 3.77. The zero-order valence-electron chi connectivity index (χ0n) is 16.5. The van der Waals surface area contributed by atoms with Gasteiger partial charge in [-0.2, -0.15) is 5.10 Å². The zero-order chi connectivity index (χ0) is 20.9. The fourth-order valence-electron chi connectivity index (χ4n) is 4.00. The summed E-state index contributed by atoms with van der Waals surface area (Å²) in [6.07, 6.45) is 5.25. The van der Waals surface area contributed by atoms with Crippen molar-refractivity contribution in [3.05, 3.63) is 72.7 Å². The first-order valence-corrected chi connectivity index (χ1v) is 9.93. The molecule has 0 saturated heterocycles. The van der Waals surface area contributed by atoms with Gasteiger partial charge in [0.1, 0.15) is 11.3 Å². The Bertz CT molecular complexity index is 1420. The lowest BCUT2D eigenvalue weighted by atomic mass is 10.1. The van der Waals surface area contributed by atoms with Crippen LogP contribution in [0.4, 0.5) is 11.5 Å². The molecule has 0 radical (unpaired) electrons. The molecule has 6 rings (SSSR count). The summed E-state index contributed by atoms with van der Waals surface area (Å²) in [5.74, 6) is 1.78. The molecule has 0 spiro atoms. The van der Waals surface area contributed by atoms with Crippen LogP contribution in [0.25, 0.3) is 34.1 Å². The second-order valence-electron chi connectivity index (χ2n) is 7.43. The summed E-state index contributed by atoms with van der Waals surface area (Å²) in [6.45, 7) is 0.716. The third-order valence-corrected chi connectivity index (χ3v) is 5.52. The van der Waals surface area contributed by atoms with E-state index in [0.717, 1.165) is 28.0 Å². The number of anilines is 2. The van der Waals surface area contributed by atoms with Crippen molar-refractivity contribution < 1.29 is 0 Å². The molecule has 1 aliphatic rings. The van der Waals surface area contributed by atoms with Gasteiger partial charge >= 0.3 is 0 Å². The highest BCUT2D eigenvalue weighted by Gasteiger charge is 2.22. The highest BCUT2D eigenvalue weighted by Crippen LogP contribution is 2.34. The van der Waals surface area contributed by atoms with Crippen LogP contribution >= 0.6 is 0 Å². The first kappa shape index (κ1) is 17.6. The predicted octanol–water partition coefficient (Wildman–Crippen LogP) is 2.68. The largest absolute Gasteiger partial charge is 0.383 e. The Morgan fingerprint density at radius 3 is 2.81 bits per heavy atom. The third-order valence-electron chi connectivity index (χ3n) is 5.52. The minimum absolute atomic E-state index is 0.0124. The molecule has 0 aliphatic carbocycles. The summed E-state index contributed by atoms with van der Waals surface area (Å²) >= 11 is 0. The van der Waals surface area contributed by atoms with Gasteiger partial charge in [0.15, 0.2) is 17.3 Å². The molecule has 0 bridgehead atoms. The monoisotopic (exact) mass is 409 g/mol. The molecule has 1 aliphatic heterocycles. The molecule has 5 aromatic rings. The van der Waals surface area contributed by atoms with E-state index in [1.807, 2.05) is 47.2 Å². The summed E-state index contributed by atoms with van der Waals surface area (Å²) in [4.78, 5) is 14.0. The van der Waals surface area contributed by atoms with Crippen molar-refractivity contribution >= 4 is 22.7 Å². The number of nitrogens with zero attached hydrogens (tertiary/aromatic N) is 6. The van der Waals surface area contributed by atoms with Crippen molar-refractivity contribution in [2.24, 2.45) is 5.73 Å². The second kappa shape index (κ2) is 6.64. The van der Waals surface area contributed by atoms with E-state index in [0.29, 0.717) is 29.7 Å². The van der Waals surface area contributed by atoms with Crippen molar-refractivity contribution in [1.82, 2.24) is 29.3 Å². The topological polar surface area (TPSA) is 125 Å². The molecular formula is C22H19N9. The number of pyridine rings is 2. The molecule has 1 aromatic carbocycles. The zero-order valence-corrected chi connectivity index (χ0v) is 16.5. The predicted molar refractivity (Wildman–Crippen MR) is 119 cm³/mol. The van der Waals surface area contributed by atoms with Crippen LogP contribution in [0.5, 0.6) is 0 Å². The third kappa shape index (κ3) is 2.75. The van der Waals surface area contributed by atoms with Gasteiger partial charge in [-0.25, -0.2) is 19.6 Å². The van der Waals surface area contributed by atoms with Crippen LogP contribution in [-0.4, -0.2) is 35.8 Å². The van der Waals surface area contributed by atoms with Gasteiger partial charge in [0, 0.05) is 36.9 Å². The average Bonchev–Trinajstić information content (AvgIpc) is 3.52. The minimum atomic E-state index is -0.0124. The average molecular weight is 409 g/mol. The highest BCUT2D eigenvalue weighted by molar-refractivity contribution is 5.83. The summed E-state index contributed by atoms with van der Waals surface area (Å²) in [5.41, 5.74) is 17.6. The number of hydrogen-bond donors (Lipinski definition) is 3. The molecule has 9 nitrogen and oxygen atoms in total. The summed E-state index contributed by atoms with van der Waals surface area (Å²) in [6, 6.07) is 15.6. The van der Waals surface area contributed by atoms with E-state index in [1.165, 1.54) is 0 Å². The Hall–Kier alpha value is -4.24. The first-order valence-electron chi connectivity index (χ1n) is 9.93. The highest BCUT2D eigenvalue weighted by atomic mass is 15.3. The number of imidazole rings is 1. The van der Waals surface area contributed by atoms with Crippen LogP contribution in [0, 0.1) is 0 Å². The Labute approximate surface area is 177 Å². The Balaban J connectivity index is 1.64. The normalized spacial score (nSPS) is 15.2. The molecule has 152 valence electrons. The number of rotatable bonds is 3. The van der Waals surface area contributed by atoms with Gasteiger partial charge < -0.3 is 16.8 Å². The van der Waals surface area contributed by atoms with E-state index < -0.39 is 0 Å². The summed E-state index contributed by atoms with van der Waals surface area (Å²) in [7, 11) is 0. The number of hydrogen-bond acceptors (Lipinski definition) is 7. The molecule has 0 unspecified atom stereocenters. The lowest BCUT2D eigenvalue weighted by Crippen LogP contribution is -2.11. The lowest BCUT2D eigenvalue weighted by Gasteiger charge is -2.12. The van der Waals surface area contributed by atoms with Gasteiger partial charge in [0.2, 0.25) is 0 Å².